The van der Waals surface area contributed by atoms with Gasteiger partial charge in [-0.3, -0.25) is 0 Å². The average molecular weight is 434 g/mol. The normalized spacial score (nSPS) is 34.9. The maximum Gasteiger partial charge on any atom is 0.0984 e. The molecule has 1 aliphatic rings. The van der Waals surface area contributed by atoms with E-state index >= 15 is 0 Å². The van der Waals surface area contributed by atoms with Crippen molar-refractivity contribution in [1.29, 1.82) is 0 Å². The van der Waals surface area contributed by atoms with Gasteiger partial charge in [0.15, 0.2) is 0 Å². The van der Waals surface area contributed by atoms with Gasteiger partial charge < -0.3 is 23.7 Å². The standard InChI is InChI=1S/C14H26Br2O5/c1-13(9-15)11-19-12-14(2,10-16)21-8-6-18-4-3-17-5-7-20-13/h3-12H2,1-2H3. The van der Waals surface area contributed by atoms with Gasteiger partial charge in [0, 0.05) is 10.7 Å². The maximum atomic E-state index is 5.87. The molecular formula is C14H26Br2O5. The summed E-state index contributed by atoms with van der Waals surface area (Å²) in [6.07, 6.45) is 0. The molecule has 1 heterocycles. The van der Waals surface area contributed by atoms with Crippen LogP contribution in [-0.4, -0.2) is 74.7 Å². The molecule has 21 heavy (non-hydrogen) atoms. The topological polar surface area (TPSA) is 46.2 Å². The van der Waals surface area contributed by atoms with Crippen molar-refractivity contribution < 1.29 is 23.7 Å². The predicted octanol–water partition coefficient (Wildman–Crippen LogP) is 2.39. The van der Waals surface area contributed by atoms with Gasteiger partial charge in [-0.2, -0.15) is 0 Å². The molecule has 2 unspecified atom stereocenters. The summed E-state index contributed by atoms with van der Waals surface area (Å²) in [5.74, 6) is 0. The van der Waals surface area contributed by atoms with Crippen LogP contribution in [0.3, 0.4) is 0 Å². The second kappa shape index (κ2) is 10.5. The van der Waals surface area contributed by atoms with Crippen molar-refractivity contribution in [2.45, 2.75) is 25.0 Å². The summed E-state index contributed by atoms with van der Waals surface area (Å²) in [7, 11) is 0. The van der Waals surface area contributed by atoms with Crippen LogP contribution >= 0.6 is 31.9 Å². The Bertz CT molecular complexity index is 256. The second-order valence-corrected chi connectivity index (χ2v) is 6.70. The first-order chi connectivity index (χ1) is 10.0. The molecule has 0 spiro atoms. The van der Waals surface area contributed by atoms with E-state index in [0.29, 0.717) is 63.5 Å². The van der Waals surface area contributed by atoms with Crippen molar-refractivity contribution in [3.63, 3.8) is 0 Å². The van der Waals surface area contributed by atoms with Crippen LogP contribution in [0.5, 0.6) is 0 Å². The molecule has 5 nitrogen and oxygen atoms in total. The van der Waals surface area contributed by atoms with Crippen molar-refractivity contribution in [2.75, 3.05) is 63.5 Å². The van der Waals surface area contributed by atoms with Crippen molar-refractivity contribution in [3.05, 3.63) is 0 Å². The first-order valence-electron chi connectivity index (χ1n) is 7.17. The Morgan fingerprint density at radius 3 is 1.43 bits per heavy atom. The molecule has 126 valence electrons. The zero-order chi connectivity index (χ0) is 15.6. The van der Waals surface area contributed by atoms with Crippen LogP contribution in [0.15, 0.2) is 0 Å². The van der Waals surface area contributed by atoms with Crippen LogP contribution in [0.2, 0.25) is 0 Å². The summed E-state index contributed by atoms with van der Waals surface area (Å²) < 4.78 is 28.5. The van der Waals surface area contributed by atoms with Gasteiger partial charge in [-0.05, 0) is 13.8 Å². The second-order valence-electron chi connectivity index (χ2n) is 5.58. The van der Waals surface area contributed by atoms with Crippen LogP contribution in [-0.2, 0) is 23.7 Å². The van der Waals surface area contributed by atoms with Gasteiger partial charge in [-0.1, -0.05) is 31.9 Å². The molecule has 0 aromatic rings. The highest BCUT2D eigenvalue weighted by molar-refractivity contribution is 9.09. The highest BCUT2D eigenvalue weighted by Crippen LogP contribution is 2.19. The third kappa shape index (κ3) is 8.25. The first-order valence-corrected chi connectivity index (χ1v) is 9.41. The van der Waals surface area contributed by atoms with E-state index in [1.807, 2.05) is 13.8 Å². The highest BCUT2D eigenvalue weighted by Gasteiger charge is 2.28. The molecule has 0 radical (unpaired) electrons. The van der Waals surface area contributed by atoms with Crippen molar-refractivity contribution in [1.82, 2.24) is 0 Å². The monoisotopic (exact) mass is 432 g/mol. The Balaban J connectivity index is 2.54. The number of alkyl halides is 2. The molecule has 1 aliphatic heterocycles. The Kier molecular flexibility index (Phi) is 9.92. The van der Waals surface area contributed by atoms with E-state index < -0.39 is 0 Å². The number of hydrogen-bond donors (Lipinski definition) is 0. The molecule has 2 atom stereocenters. The molecule has 1 saturated heterocycles. The van der Waals surface area contributed by atoms with Crippen LogP contribution in [0.1, 0.15) is 13.8 Å². The van der Waals surface area contributed by atoms with E-state index in [2.05, 4.69) is 31.9 Å². The smallest absolute Gasteiger partial charge is 0.0984 e. The molecular weight excluding hydrogens is 408 g/mol. The third-order valence-electron chi connectivity index (χ3n) is 3.11. The minimum atomic E-state index is -0.368. The largest absolute Gasteiger partial charge is 0.377 e. The summed E-state index contributed by atoms with van der Waals surface area (Å²) in [6.45, 7) is 8.38. The van der Waals surface area contributed by atoms with Gasteiger partial charge in [0.2, 0.25) is 0 Å². The van der Waals surface area contributed by atoms with E-state index in [1.165, 1.54) is 0 Å². The number of rotatable bonds is 2. The Morgan fingerprint density at radius 1 is 0.667 bits per heavy atom. The fraction of sp³-hybridized carbons (Fsp3) is 1.00. The molecule has 0 amide bonds. The SMILES string of the molecule is CC1(CBr)COCC(C)(CBr)OCCOCCOCCO1. The summed E-state index contributed by atoms with van der Waals surface area (Å²) >= 11 is 6.97. The minimum absolute atomic E-state index is 0.368. The van der Waals surface area contributed by atoms with E-state index in [0.717, 1.165) is 0 Å². The van der Waals surface area contributed by atoms with E-state index in [4.69, 9.17) is 23.7 Å². The molecule has 0 bridgehead atoms. The fourth-order valence-corrected chi connectivity index (χ4v) is 2.38. The van der Waals surface area contributed by atoms with Crippen LogP contribution in [0.25, 0.3) is 0 Å². The number of halogens is 2. The van der Waals surface area contributed by atoms with Gasteiger partial charge in [-0.15, -0.1) is 0 Å². The lowest BCUT2D eigenvalue weighted by Gasteiger charge is -2.31. The van der Waals surface area contributed by atoms with Gasteiger partial charge in [0.25, 0.3) is 0 Å². The summed E-state index contributed by atoms with van der Waals surface area (Å²) in [6, 6.07) is 0. The van der Waals surface area contributed by atoms with Gasteiger partial charge >= 0.3 is 0 Å². The quantitative estimate of drug-likeness (QED) is 0.625. The summed E-state index contributed by atoms with van der Waals surface area (Å²) in [5, 5.41) is 1.41. The van der Waals surface area contributed by atoms with Crippen molar-refractivity contribution in [2.24, 2.45) is 0 Å². The number of hydrogen-bond acceptors (Lipinski definition) is 5. The molecule has 0 N–H and O–H groups in total. The third-order valence-corrected chi connectivity index (χ3v) is 5.48. The van der Waals surface area contributed by atoms with Gasteiger partial charge in [0.05, 0.1) is 64.1 Å². The van der Waals surface area contributed by atoms with Crippen LogP contribution in [0.4, 0.5) is 0 Å². The Hall–Kier alpha value is 0.760. The lowest BCUT2D eigenvalue weighted by Crippen LogP contribution is -2.42. The molecule has 0 aromatic carbocycles. The van der Waals surface area contributed by atoms with E-state index in [1.54, 1.807) is 0 Å². The zero-order valence-electron chi connectivity index (χ0n) is 12.9. The van der Waals surface area contributed by atoms with Gasteiger partial charge in [0.1, 0.15) is 0 Å². The van der Waals surface area contributed by atoms with Crippen molar-refractivity contribution >= 4 is 31.9 Å². The Labute approximate surface area is 144 Å². The summed E-state index contributed by atoms with van der Waals surface area (Å²) in [5.41, 5.74) is -0.736. The minimum Gasteiger partial charge on any atom is -0.377 e. The van der Waals surface area contributed by atoms with E-state index in [9.17, 15) is 0 Å². The van der Waals surface area contributed by atoms with E-state index in [-0.39, 0.29) is 11.2 Å². The lowest BCUT2D eigenvalue weighted by molar-refractivity contribution is -0.120. The average Bonchev–Trinajstić information content (AvgIpc) is 2.49. The molecule has 0 saturated carbocycles. The lowest BCUT2D eigenvalue weighted by atomic mass is 10.1. The molecule has 7 heteroatoms. The number of ether oxygens (including phenoxy) is 5. The van der Waals surface area contributed by atoms with Gasteiger partial charge in [-0.25, -0.2) is 0 Å². The van der Waals surface area contributed by atoms with Crippen LogP contribution < -0.4 is 0 Å². The molecule has 1 fully saturated rings. The van der Waals surface area contributed by atoms with Crippen molar-refractivity contribution in [3.8, 4) is 0 Å². The summed E-state index contributed by atoms with van der Waals surface area (Å²) in [4.78, 5) is 0. The predicted molar refractivity (Wildman–Crippen MR) is 88.8 cm³/mol. The fourth-order valence-electron chi connectivity index (χ4n) is 1.74. The zero-order valence-corrected chi connectivity index (χ0v) is 16.0. The molecule has 1 rings (SSSR count). The first kappa shape index (κ1) is 19.8. The molecule has 0 aromatic heterocycles. The van der Waals surface area contributed by atoms with Crippen LogP contribution in [0, 0.1) is 0 Å². The molecule has 0 aliphatic carbocycles. The Morgan fingerprint density at radius 2 is 1.05 bits per heavy atom. The maximum absolute atomic E-state index is 5.87. The highest BCUT2D eigenvalue weighted by atomic mass is 79.9.